The normalized spacial score (nSPS) is 16.2. The van der Waals surface area contributed by atoms with E-state index in [0.29, 0.717) is 0 Å². The maximum Gasteiger partial charge on any atom is 0.248 e. The third-order valence-corrected chi connectivity index (χ3v) is 3.72. The monoisotopic (exact) mass is 290 g/mol. The van der Waals surface area contributed by atoms with Gasteiger partial charge in [-0.3, -0.25) is 4.79 Å². The van der Waals surface area contributed by atoms with Crippen molar-refractivity contribution >= 4 is 11.6 Å². The lowest BCUT2D eigenvalue weighted by molar-refractivity contribution is -0.141. The number of aryl methyl sites for hydroxylation is 1. The fraction of sp³-hybridized carbons (Fsp3) is 0.588. The maximum atomic E-state index is 12.1. The summed E-state index contributed by atoms with van der Waals surface area (Å²) < 4.78 is 5.57. The van der Waals surface area contributed by atoms with E-state index in [9.17, 15) is 4.79 Å². The van der Waals surface area contributed by atoms with E-state index in [4.69, 9.17) is 4.74 Å². The summed E-state index contributed by atoms with van der Waals surface area (Å²) in [6, 6.07) is 8.40. The number of benzene rings is 1. The Labute approximate surface area is 127 Å². The smallest absolute Gasteiger partial charge is 0.248 e. The molecular weight excluding hydrogens is 264 g/mol. The molecule has 1 heterocycles. The highest BCUT2D eigenvalue weighted by Crippen LogP contribution is 2.20. The minimum atomic E-state index is -0.265. The number of ether oxygens (including phenoxy) is 1. The van der Waals surface area contributed by atoms with Crippen LogP contribution in [-0.4, -0.2) is 49.2 Å². The van der Waals surface area contributed by atoms with Gasteiger partial charge in [0.1, 0.15) is 6.61 Å². The molecule has 4 heteroatoms. The van der Waals surface area contributed by atoms with Gasteiger partial charge in [0.2, 0.25) is 5.91 Å². The van der Waals surface area contributed by atoms with E-state index in [1.54, 1.807) is 0 Å². The molecule has 1 aromatic rings. The Morgan fingerprint density at radius 1 is 1.14 bits per heavy atom. The van der Waals surface area contributed by atoms with E-state index in [2.05, 4.69) is 36.1 Å². The number of hydrogen-bond donors (Lipinski definition) is 0. The molecule has 21 heavy (non-hydrogen) atoms. The van der Waals surface area contributed by atoms with Crippen molar-refractivity contribution in [3.63, 3.8) is 0 Å². The first-order chi connectivity index (χ1) is 9.87. The molecule has 0 spiro atoms. The van der Waals surface area contributed by atoms with Gasteiger partial charge in [-0.1, -0.05) is 18.2 Å². The van der Waals surface area contributed by atoms with Gasteiger partial charge in [-0.25, -0.2) is 0 Å². The summed E-state index contributed by atoms with van der Waals surface area (Å²) in [7, 11) is 0. The van der Waals surface area contributed by atoms with Crippen LogP contribution in [0.1, 0.15) is 26.3 Å². The van der Waals surface area contributed by atoms with Crippen molar-refractivity contribution in [2.75, 3.05) is 37.7 Å². The lowest BCUT2D eigenvalue weighted by Crippen LogP contribution is -2.50. The third kappa shape index (κ3) is 4.46. The zero-order valence-corrected chi connectivity index (χ0v) is 13.6. The number of rotatable bonds is 3. The summed E-state index contributed by atoms with van der Waals surface area (Å²) >= 11 is 0. The van der Waals surface area contributed by atoms with Crippen LogP contribution in [0.3, 0.4) is 0 Å². The molecule has 1 aliphatic heterocycles. The fourth-order valence-corrected chi connectivity index (χ4v) is 2.48. The van der Waals surface area contributed by atoms with Crippen molar-refractivity contribution in [2.45, 2.75) is 33.3 Å². The molecule has 0 radical (unpaired) electrons. The molecule has 0 saturated carbocycles. The highest BCUT2D eigenvalue weighted by Gasteiger charge is 2.23. The van der Waals surface area contributed by atoms with Crippen molar-refractivity contribution in [2.24, 2.45) is 0 Å². The van der Waals surface area contributed by atoms with Crippen LogP contribution in [0.2, 0.25) is 0 Å². The van der Waals surface area contributed by atoms with E-state index in [-0.39, 0.29) is 18.1 Å². The molecule has 4 nitrogen and oxygen atoms in total. The lowest BCUT2D eigenvalue weighted by atomic mass is 10.1. The predicted molar refractivity (Wildman–Crippen MR) is 85.7 cm³/mol. The van der Waals surface area contributed by atoms with Crippen LogP contribution < -0.4 is 4.90 Å². The Kier molecular flexibility index (Phi) is 4.88. The maximum absolute atomic E-state index is 12.1. The topological polar surface area (TPSA) is 32.8 Å². The summed E-state index contributed by atoms with van der Waals surface area (Å²) in [5.74, 6) is 0.0920. The van der Waals surface area contributed by atoms with Crippen molar-refractivity contribution in [1.29, 1.82) is 0 Å². The summed E-state index contributed by atoms with van der Waals surface area (Å²) in [5, 5.41) is 0. The summed E-state index contributed by atoms with van der Waals surface area (Å²) in [5.41, 5.74) is 2.29. The van der Waals surface area contributed by atoms with Gasteiger partial charge in [0, 0.05) is 31.9 Å². The number of piperazine rings is 1. The standard InChI is InChI=1S/C17H26N2O2/c1-14-7-5-6-8-15(14)18-9-11-19(12-10-18)16(20)13-21-17(2,3)4/h5-8H,9-13H2,1-4H3. The molecule has 0 aliphatic carbocycles. The molecule has 0 N–H and O–H groups in total. The molecule has 1 fully saturated rings. The Balaban J connectivity index is 1.86. The summed E-state index contributed by atoms with van der Waals surface area (Å²) in [4.78, 5) is 16.4. The zero-order chi connectivity index (χ0) is 15.5. The lowest BCUT2D eigenvalue weighted by Gasteiger charge is -2.37. The second-order valence-corrected chi connectivity index (χ2v) is 6.56. The molecule has 1 amide bonds. The van der Waals surface area contributed by atoms with Gasteiger partial charge in [-0.2, -0.15) is 0 Å². The predicted octanol–water partition coefficient (Wildman–Crippen LogP) is 2.46. The number of para-hydroxylation sites is 1. The number of anilines is 1. The minimum absolute atomic E-state index is 0.0920. The summed E-state index contributed by atoms with van der Waals surface area (Å²) in [6.07, 6.45) is 0. The van der Waals surface area contributed by atoms with Crippen molar-refractivity contribution in [3.05, 3.63) is 29.8 Å². The summed E-state index contributed by atoms with van der Waals surface area (Å²) in [6.45, 7) is 11.5. The Hall–Kier alpha value is -1.55. The molecule has 0 atom stereocenters. The second kappa shape index (κ2) is 6.48. The molecule has 0 bridgehead atoms. The first kappa shape index (κ1) is 15.8. The van der Waals surface area contributed by atoms with Gasteiger partial charge in [0.25, 0.3) is 0 Å². The number of carbonyl (C=O) groups is 1. The van der Waals surface area contributed by atoms with E-state index < -0.39 is 0 Å². The van der Waals surface area contributed by atoms with Crippen LogP contribution in [0.25, 0.3) is 0 Å². The largest absolute Gasteiger partial charge is 0.368 e. The Morgan fingerprint density at radius 3 is 2.33 bits per heavy atom. The first-order valence-corrected chi connectivity index (χ1v) is 7.59. The fourth-order valence-electron chi connectivity index (χ4n) is 2.48. The average Bonchev–Trinajstić information content (AvgIpc) is 2.45. The van der Waals surface area contributed by atoms with Gasteiger partial charge < -0.3 is 14.5 Å². The minimum Gasteiger partial charge on any atom is -0.368 e. The number of nitrogens with zero attached hydrogens (tertiary/aromatic N) is 2. The van der Waals surface area contributed by atoms with Crippen LogP contribution >= 0.6 is 0 Å². The molecule has 1 aliphatic rings. The van der Waals surface area contributed by atoms with Crippen LogP contribution in [0.5, 0.6) is 0 Å². The van der Waals surface area contributed by atoms with E-state index in [1.807, 2.05) is 25.7 Å². The quantitative estimate of drug-likeness (QED) is 0.857. The highest BCUT2D eigenvalue weighted by molar-refractivity contribution is 5.77. The molecule has 116 valence electrons. The van der Waals surface area contributed by atoms with Gasteiger partial charge in [-0.05, 0) is 39.3 Å². The molecular formula is C17H26N2O2. The first-order valence-electron chi connectivity index (χ1n) is 7.59. The van der Waals surface area contributed by atoms with E-state index in [1.165, 1.54) is 11.3 Å². The number of amides is 1. The zero-order valence-electron chi connectivity index (χ0n) is 13.6. The van der Waals surface area contributed by atoms with Crippen molar-refractivity contribution < 1.29 is 9.53 Å². The van der Waals surface area contributed by atoms with Gasteiger partial charge >= 0.3 is 0 Å². The number of hydrogen-bond acceptors (Lipinski definition) is 3. The van der Waals surface area contributed by atoms with Crippen LogP contribution in [0, 0.1) is 6.92 Å². The Bertz CT molecular complexity index is 486. The Morgan fingerprint density at radius 2 is 1.76 bits per heavy atom. The van der Waals surface area contributed by atoms with Gasteiger partial charge in [0.15, 0.2) is 0 Å². The van der Waals surface area contributed by atoms with E-state index >= 15 is 0 Å². The average molecular weight is 290 g/mol. The number of carbonyl (C=O) groups excluding carboxylic acids is 1. The molecule has 0 unspecified atom stereocenters. The molecule has 2 rings (SSSR count). The van der Waals surface area contributed by atoms with Gasteiger partial charge in [0.05, 0.1) is 5.60 Å². The second-order valence-electron chi connectivity index (χ2n) is 6.56. The molecule has 1 saturated heterocycles. The third-order valence-electron chi connectivity index (χ3n) is 3.72. The highest BCUT2D eigenvalue weighted by atomic mass is 16.5. The van der Waals surface area contributed by atoms with Crippen LogP contribution in [0.15, 0.2) is 24.3 Å². The SMILES string of the molecule is Cc1ccccc1N1CCN(C(=O)COC(C)(C)C)CC1. The van der Waals surface area contributed by atoms with E-state index in [0.717, 1.165) is 26.2 Å². The molecule has 0 aromatic heterocycles. The van der Waals surface area contributed by atoms with Crippen LogP contribution in [0.4, 0.5) is 5.69 Å². The van der Waals surface area contributed by atoms with Crippen LogP contribution in [-0.2, 0) is 9.53 Å². The van der Waals surface area contributed by atoms with Crippen molar-refractivity contribution in [3.8, 4) is 0 Å². The molecule has 1 aromatic carbocycles. The van der Waals surface area contributed by atoms with Gasteiger partial charge in [-0.15, -0.1) is 0 Å². The van der Waals surface area contributed by atoms with Crippen molar-refractivity contribution in [1.82, 2.24) is 4.90 Å².